The van der Waals surface area contributed by atoms with Crippen LogP contribution >= 0.6 is 0 Å². The highest BCUT2D eigenvalue weighted by molar-refractivity contribution is 6.02. The molecule has 19 heavy (non-hydrogen) atoms. The summed E-state index contributed by atoms with van der Waals surface area (Å²) in [7, 11) is 0. The van der Waals surface area contributed by atoms with E-state index in [0.717, 1.165) is 19.3 Å². The second-order valence-corrected chi connectivity index (χ2v) is 4.96. The first kappa shape index (κ1) is 9.13. The average molecular weight is 266 g/mol. The molecule has 0 bridgehead atoms. The summed E-state index contributed by atoms with van der Waals surface area (Å²) in [5, 5.41) is 9.25. The number of esters is 1. The van der Waals surface area contributed by atoms with Gasteiger partial charge in [0.15, 0.2) is 0 Å². The van der Waals surface area contributed by atoms with Crippen LogP contribution < -0.4 is 0 Å². The molecule has 2 rings (SSSR count). The minimum absolute atomic E-state index is 0.615. The van der Waals surface area contributed by atoms with Crippen LogP contribution in [-0.4, -0.2) is 22.6 Å². The molecule has 0 radical (unpaired) electrons. The summed E-state index contributed by atoms with van der Waals surface area (Å²) >= 11 is 0. The van der Waals surface area contributed by atoms with E-state index < -0.39 is 52.8 Å². The second kappa shape index (κ2) is 5.43. The van der Waals surface area contributed by atoms with Gasteiger partial charge >= 0.3 is 11.9 Å². The van der Waals surface area contributed by atoms with Crippen molar-refractivity contribution in [2.45, 2.75) is 44.6 Å². The first-order valence-corrected chi connectivity index (χ1v) is 6.25. The van der Waals surface area contributed by atoms with Gasteiger partial charge in [0.2, 0.25) is 0 Å². The Labute approximate surface area is 118 Å². The van der Waals surface area contributed by atoms with E-state index in [0.29, 0.717) is 12.8 Å². The predicted octanol–water partition coefficient (Wildman–Crippen LogP) is 3.26. The summed E-state index contributed by atoms with van der Waals surface area (Å²) in [5.74, 6) is -2.60. The third kappa shape index (κ3) is 3.13. The number of hydrogen-bond donors (Lipinski definition) is 1. The summed E-state index contributed by atoms with van der Waals surface area (Å²) in [6, 6.07) is -2.78. The highest BCUT2D eigenvalue weighted by atomic mass is 16.6. The number of ether oxygens (including phenoxy) is 1. The molecule has 0 unspecified atom stereocenters. The van der Waals surface area contributed by atoms with Crippen molar-refractivity contribution in [3.8, 4) is 0 Å². The molecule has 1 saturated carbocycles. The van der Waals surface area contributed by atoms with Gasteiger partial charge in [-0.2, -0.15) is 0 Å². The number of benzene rings is 1. The zero-order chi connectivity index (χ0) is 17.4. The highest BCUT2D eigenvalue weighted by Crippen LogP contribution is 2.32. The Bertz CT molecular complexity index is 666. The standard InChI is InChI=1S/C15H18O4/c1-15(9-5-2-6-10-15)19-14(18)12-8-4-3-7-11(12)13(16)17/h3-4,7-8H,2,5-6,9-10H2,1H3,(H,16,17)/i3D,4D,7D,8D. The fourth-order valence-electron chi connectivity index (χ4n) is 2.30. The molecule has 1 fully saturated rings. The van der Waals surface area contributed by atoms with Crippen LogP contribution in [-0.2, 0) is 4.74 Å². The third-order valence-corrected chi connectivity index (χ3v) is 3.36. The van der Waals surface area contributed by atoms with Crippen LogP contribution in [0, 0.1) is 0 Å². The molecule has 0 heterocycles. The monoisotopic (exact) mass is 266 g/mol. The number of rotatable bonds is 3. The van der Waals surface area contributed by atoms with Crippen LogP contribution in [0.1, 0.15) is 65.2 Å². The molecular formula is C15H18O4. The minimum atomic E-state index is -1.59. The lowest BCUT2D eigenvalue weighted by molar-refractivity contribution is -0.0271. The topological polar surface area (TPSA) is 63.6 Å². The number of hydrogen-bond acceptors (Lipinski definition) is 3. The Morgan fingerprint density at radius 1 is 1.21 bits per heavy atom. The van der Waals surface area contributed by atoms with Crippen LogP contribution in [0.4, 0.5) is 0 Å². The molecule has 4 nitrogen and oxygen atoms in total. The van der Waals surface area contributed by atoms with E-state index in [9.17, 15) is 14.7 Å². The molecule has 0 amide bonds. The number of aromatic carboxylic acids is 1. The minimum Gasteiger partial charge on any atom is -0.478 e. The lowest BCUT2D eigenvalue weighted by atomic mass is 9.86. The van der Waals surface area contributed by atoms with Crippen molar-refractivity contribution in [1.29, 1.82) is 0 Å². The molecule has 1 aliphatic carbocycles. The predicted molar refractivity (Wildman–Crippen MR) is 70.3 cm³/mol. The average Bonchev–Trinajstić information content (AvgIpc) is 2.48. The zero-order valence-electron chi connectivity index (χ0n) is 14.7. The van der Waals surface area contributed by atoms with Gasteiger partial charge in [0.1, 0.15) is 5.60 Å². The number of carbonyl (C=O) groups excluding carboxylic acids is 1. The molecule has 4 heteroatoms. The Morgan fingerprint density at radius 3 is 2.37 bits per heavy atom. The summed E-state index contributed by atoms with van der Waals surface area (Å²) in [6.45, 7) is 1.76. The van der Waals surface area contributed by atoms with Crippen LogP contribution in [0.2, 0.25) is 0 Å². The number of carboxylic acid groups (broad SMARTS) is 1. The molecular weight excluding hydrogens is 244 g/mol. The van der Waals surface area contributed by atoms with Gasteiger partial charge in [-0.1, -0.05) is 18.5 Å². The number of carboxylic acids is 1. The summed E-state index contributed by atoms with van der Waals surface area (Å²) < 4.78 is 36.1. The van der Waals surface area contributed by atoms with E-state index in [4.69, 9.17) is 10.2 Å². The largest absolute Gasteiger partial charge is 0.478 e. The van der Waals surface area contributed by atoms with Crippen molar-refractivity contribution in [2.75, 3.05) is 0 Å². The molecule has 0 aliphatic heterocycles. The van der Waals surface area contributed by atoms with Crippen molar-refractivity contribution in [2.24, 2.45) is 0 Å². The Morgan fingerprint density at radius 2 is 1.79 bits per heavy atom. The first-order valence-electron chi connectivity index (χ1n) is 8.25. The van der Waals surface area contributed by atoms with Gasteiger partial charge in [0.25, 0.3) is 0 Å². The molecule has 1 aromatic carbocycles. The SMILES string of the molecule is [2H]c1c([2H])c([2H])c(C(=O)OC2(C)CCCCC2)c(C(=O)O)c1[2H]. The van der Waals surface area contributed by atoms with E-state index in [2.05, 4.69) is 0 Å². The molecule has 0 saturated heterocycles. The maximum atomic E-state index is 12.4. The Kier molecular flexibility index (Phi) is 2.61. The van der Waals surface area contributed by atoms with Crippen molar-refractivity contribution >= 4 is 11.9 Å². The van der Waals surface area contributed by atoms with Gasteiger partial charge in [-0.05, 0) is 44.7 Å². The van der Waals surface area contributed by atoms with Gasteiger partial charge in [-0.25, -0.2) is 9.59 Å². The second-order valence-electron chi connectivity index (χ2n) is 4.96. The Hall–Kier alpha value is -1.84. The molecule has 0 spiro atoms. The van der Waals surface area contributed by atoms with E-state index in [1.165, 1.54) is 0 Å². The maximum Gasteiger partial charge on any atom is 0.339 e. The summed E-state index contributed by atoms with van der Waals surface area (Å²) in [5.41, 5.74) is -2.10. The summed E-state index contributed by atoms with van der Waals surface area (Å²) in [6.07, 6.45) is 4.11. The molecule has 0 aromatic heterocycles. The molecule has 0 atom stereocenters. The van der Waals surface area contributed by atoms with E-state index in [1.807, 2.05) is 0 Å². The third-order valence-electron chi connectivity index (χ3n) is 3.36. The molecule has 1 aromatic rings. The van der Waals surface area contributed by atoms with Crippen LogP contribution in [0.3, 0.4) is 0 Å². The fraction of sp³-hybridized carbons (Fsp3) is 0.467. The van der Waals surface area contributed by atoms with Gasteiger partial charge in [0, 0.05) is 0 Å². The zero-order valence-corrected chi connectivity index (χ0v) is 10.7. The van der Waals surface area contributed by atoms with Gasteiger partial charge in [0.05, 0.1) is 16.6 Å². The van der Waals surface area contributed by atoms with E-state index in [1.54, 1.807) is 6.92 Å². The lowest BCUT2D eigenvalue weighted by Crippen LogP contribution is -2.34. The Balaban J connectivity index is 2.49. The van der Waals surface area contributed by atoms with Gasteiger partial charge in [-0.15, -0.1) is 0 Å². The smallest absolute Gasteiger partial charge is 0.339 e. The number of carbonyl (C=O) groups is 2. The quantitative estimate of drug-likeness (QED) is 0.853. The lowest BCUT2D eigenvalue weighted by Gasteiger charge is -2.33. The van der Waals surface area contributed by atoms with Crippen LogP contribution in [0.5, 0.6) is 0 Å². The normalized spacial score (nSPS) is 20.7. The van der Waals surface area contributed by atoms with Crippen molar-refractivity contribution in [1.82, 2.24) is 0 Å². The molecule has 102 valence electrons. The van der Waals surface area contributed by atoms with Crippen LogP contribution in [0.25, 0.3) is 0 Å². The van der Waals surface area contributed by atoms with Crippen LogP contribution in [0.15, 0.2) is 24.2 Å². The summed E-state index contributed by atoms with van der Waals surface area (Å²) in [4.78, 5) is 23.8. The van der Waals surface area contributed by atoms with Gasteiger partial charge < -0.3 is 9.84 Å². The fourth-order valence-corrected chi connectivity index (χ4v) is 2.30. The van der Waals surface area contributed by atoms with Crippen molar-refractivity contribution < 1.29 is 24.9 Å². The van der Waals surface area contributed by atoms with E-state index in [-0.39, 0.29) is 0 Å². The van der Waals surface area contributed by atoms with E-state index >= 15 is 0 Å². The molecule has 1 aliphatic rings. The highest BCUT2D eigenvalue weighted by Gasteiger charge is 2.32. The van der Waals surface area contributed by atoms with Gasteiger partial charge in [-0.3, -0.25) is 0 Å². The first-order chi connectivity index (χ1) is 10.7. The van der Waals surface area contributed by atoms with Crippen molar-refractivity contribution in [3.05, 3.63) is 35.3 Å². The maximum absolute atomic E-state index is 12.4. The molecule has 1 N–H and O–H groups in total. The van der Waals surface area contributed by atoms with Crippen molar-refractivity contribution in [3.63, 3.8) is 0 Å².